The Kier molecular flexibility index (Phi) is 1.73. The second-order valence-corrected chi connectivity index (χ2v) is 3.71. The van der Waals surface area contributed by atoms with E-state index >= 15 is 0 Å². The Morgan fingerprint density at radius 1 is 1.38 bits per heavy atom. The fourth-order valence-corrected chi connectivity index (χ4v) is 1.90. The maximum absolute atomic E-state index is 5.58. The number of hydrogen-bond acceptors (Lipinski definition) is 3. The second-order valence-electron chi connectivity index (χ2n) is 3.71. The number of anilines is 1. The maximum atomic E-state index is 5.58. The van der Waals surface area contributed by atoms with Gasteiger partial charge in [-0.05, 0) is 12.1 Å². The van der Waals surface area contributed by atoms with Gasteiger partial charge in [0.1, 0.15) is 5.65 Å². The minimum Gasteiger partial charge on any atom is -0.369 e. The standard InChI is InChI=1S/C11H11N5/c1-16-6-8(9-5-14-11(12)15-9)7-3-2-4-13-10(7)16/h2-6H,1H3,(H3,12,14,15). The van der Waals surface area contributed by atoms with Gasteiger partial charge in [0, 0.05) is 30.4 Å². The number of nitrogens with two attached hydrogens (primary N) is 1. The number of hydrogen-bond donors (Lipinski definition) is 2. The van der Waals surface area contributed by atoms with Crippen LogP contribution in [0.15, 0.2) is 30.7 Å². The van der Waals surface area contributed by atoms with E-state index in [0.717, 1.165) is 22.3 Å². The molecule has 0 spiro atoms. The number of H-pyrrole nitrogens is 1. The van der Waals surface area contributed by atoms with Crippen LogP contribution in [-0.2, 0) is 7.05 Å². The van der Waals surface area contributed by atoms with Crippen LogP contribution in [0.2, 0.25) is 0 Å². The van der Waals surface area contributed by atoms with E-state index in [1.54, 1.807) is 12.4 Å². The summed E-state index contributed by atoms with van der Waals surface area (Å²) >= 11 is 0. The number of imidazole rings is 1. The summed E-state index contributed by atoms with van der Waals surface area (Å²) in [6, 6.07) is 3.96. The minimum atomic E-state index is 0.427. The fourth-order valence-electron chi connectivity index (χ4n) is 1.90. The van der Waals surface area contributed by atoms with E-state index < -0.39 is 0 Å². The summed E-state index contributed by atoms with van der Waals surface area (Å²) < 4.78 is 1.99. The zero-order valence-electron chi connectivity index (χ0n) is 8.81. The molecule has 3 aromatic heterocycles. The van der Waals surface area contributed by atoms with Crippen LogP contribution in [0.25, 0.3) is 22.3 Å². The third-order valence-electron chi connectivity index (χ3n) is 2.62. The first kappa shape index (κ1) is 8.96. The first-order valence-electron chi connectivity index (χ1n) is 4.96. The summed E-state index contributed by atoms with van der Waals surface area (Å²) in [7, 11) is 1.97. The van der Waals surface area contributed by atoms with Gasteiger partial charge in [-0.15, -0.1) is 0 Å². The number of fused-ring (bicyclic) bond motifs is 1. The molecule has 0 fully saturated rings. The second kappa shape index (κ2) is 3.10. The van der Waals surface area contributed by atoms with Crippen LogP contribution in [0.5, 0.6) is 0 Å². The lowest BCUT2D eigenvalue weighted by molar-refractivity contribution is 0.949. The molecular weight excluding hydrogens is 202 g/mol. The molecule has 16 heavy (non-hydrogen) atoms. The van der Waals surface area contributed by atoms with E-state index in [2.05, 4.69) is 15.0 Å². The number of nitrogens with zero attached hydrogens (tertiary/aromatic N) is 3. The fraction of sp³-hybridized carbons (Fsp3) is 0.0909. The van der Waals surface area contributed by atoms with Gasteiger partial charge in [0.15, 0.2) is 5.95 Å². The monoisotopic (exact) mass is 213 g/mol. The van der Waals surface area contributed by atoms with E-state index in [1.807, 2.05) is 29.9 Å². The molecule has 5 heteroatoms. The molecule has 5 nitrogen and oxygen atoms in total. The van der Waals surface area contributed by atoms with Gasteiger partial charge < -0.3 is 15.3 Å². The first-order chi connectivity index (χ1) is 7.75. The van der Waals surface area contributed by atoms with Crippen molar-refractivity contribution in [3.8, 4) is 11.3 Å². The zero-order valence-corrected chi connectivity index (χ0v) is 8.81. The molecule has 0 aliphatic heterocycles. The number of aryl methyl sites for hydroxylation is 1. The smallest absolute Gasteiger partial charge is 0.197 e. The van der Waals surface area contributed by atoms with Gasteiger partial charge >= 0.3 is 0 Å². The lowest BCUT2D eigenvalue weighted by Crippen LogP contribution is -1.85. The summed E-state index contributed by atoms with van der Waals surface area (Å²) in [5.74, 6) is 0.427. The molecule has 0 aliphatic rings. The third-order valence-corrected chi connectivity index (χ3v) is 2.62. The van der Waals surface area contributed by atoms with Crippen LogP contribution in [0.1, 0.15) is 0 Å². The number of aromatic amines is 1. The predicted molar refractivity (Wildman–Crippen MR) is 62.7 cm³/mol. The third kappa shape index (κ3) is 1.18. The molecule has 0 bridgehead atoms. The van der Waals surface area contributed by atoms with Crippen molar-refractivity contribution in [1.82, 2.24) is 19.5 Å². The minimum absolute atomic E-state index is 0.427. The number of rotatable bonds is 1. The van der Waals surface area contributed by atoms with Crippen molar-refractivity contribution in [3.05, 3.63) is 30.7 Å². The van der Waals surface area contributed by atoms with Crippen LogP contribution in [0, 0.1) is 0 Å². The van der Waals surface area contributed by atoms with Crippen molar-refractivity contribution in [2.45, 2.75) is 0 Å². The highest BCUT2D eigenvalue weighted by molar-refractivity contribution is 5.92. The molecule has 0 radical (unpaired) electrons. The Labute approximate surface area is 91.9 Å². The summed E-state index contributed by atoms with van der Waals surface area (Å²) in [4.78, 5) is 11.4. The zero-order chi connectivity index (χ0) is 11.1. The van der Waals surface area contributed by atoms with Crippen molar-refractivity contribution in [1.29, 1.82) is 0 Å². The Bertz CT molecular complexity index is 649. The molecule has 0 saturated heterocycles. The molecule has 3 rings (SSSR count). The molecule has 3 heterocycles. The molecule has 0 amide bonds. The van der Waals surface area contributed by atoms with Gasteiger partial charge in [-0.25, -0.2) is 9.97 Å². The normalized spacial score (nSPS) is 11.1. The molecule has 0 aromatic carbocycles. The lowest BCUT2D eigenvalue weighted by Gasteiger charge is -1.93. The Morgan fingerprint density at radius 3 is 3.00 bits per heavy atom. The van der Waals surface area contributed by atoms with Crippen LogP contribution in [-0.4, -0.2) is 19.5 Å². The Morgan fingerprint density at radius 2 is 2.25 bits per heavy atom. The highest BCUT2D eigenvalue weighted by atomic mass is 15.0. The summed E-state index contributed by atoms with van der Waals surface area (Å²) in [5, 5.41) is 1.09. The van der Waals surface area contributed by atoms with Crippen molar-refractivity contribution in [3.63, 3.8) is 0 Å². The lowest BCUT2D eigenvalue weighted by atomic mass is 10.2. The summed E-state index contributed by atoms with van der Waals surface area (Å²) in [5.41, 5.74) is 8.51. The molecule has 0 atom stereocenters. The predicted octanol–water partition coefficient (Wildman–Crippen LogP) is 1.55. The molecule has 0 saturated carbocycles. The molecule has 3 aromatic rings. The first-order valence-corrected chi connectivity index (χ1v) is 4.96. The van der Waals surface area contributed by atoms with Gasteiger partial charge in [0.05, 0.1) is 11.9 Å². The molecule has 0 unspecified atom stereocenters. The van der Waals surface area contributed by atoms with E-state index in [-0.39, 0.29) is 0 Å². The highest BCUT2D eigenvalue weighted by Gasteiger charge is 2.10. The van der Waals surface area contributed by atoms with Crippen molar-refractivity contribution in [2.75, 3.05) is 5.73 Å². The largest absolute Gasteiger partial charge is 0.369 e. The number of pyridine rings is 1. The van der Waals surface area contributed by atoms with Gasteiger partial charge in [0.25, 0.3) is 0 Å². The summed E-state index contributed by atoms with van der Waals surface area (Å²) in [6.45, 7) is 0. The van der Waals surface area contributed by atoms with E-state index in [4.69, 9.17) is 5.73 Å². The summed E-state index contributed by atoms with van der Waals surface area (Å²) in [6.07, 6.45) is 5.54. The van der Waals surface area contributed by atoms with Crippen molar-refractivity contribution >= 4 is 17.0 Å². The van der Waals surface area contributed by atoms with E-state index in [0.29, 0.717) is 5.95 Å². The van der Waals surface area contributed by atoms with Crippen LogP contribution < -0.4 is 5.73 Å². The van der Waals surface area contributed by atoms with Gasteiger partial charge in [0.2, 0.25) is 0 Å². The quantitative estimate of drug-likeness (QED) is 0.644. The van der Waals surface area contributed by atoms with Crippen molar-refractivity contribution < 1.29 is 0 Å². The molecule has 3 N–H and O–H groups in total. The van der Waals surface area contributed by atoms with E-state index in [9.17, 15) is 0 Å². The maximum Gasteiger partial charge on any atom is 0.197 e. The average Bonchev–Trinajstić information content (AvgIpc) is 2.84. The molecule has 80 valence electrons. The Balaban J connectivity index is 2.32. The van der Waals surface area contributed by atoms with Crippen LogP contribution in [0.4, 0.5) is 5.95 Å². The van der Waals surface area contributed by atoms with Gasteiger partial charge in [-0.3, -0.25) is 0 Å². The topological polar surface area (TPSA) is 72.5 Å². The van der Waals surface area contributed by atoms with Crippen LogP contribution >= 0.6 is 0 Å². The van der Waals surface area contributed by atoms with Gasteiger partial charge in [-0.1, -0.05) is 0 Å². The number of nitrogen functional groups attached to an aromatic ring is 1. The molecule has 0 aliphatic carbocycles. The highest BCUT2D eigenvalue weighted by Crippen LogP contribution is 2.27. The number of aromatic nitrogens is 4. The van der Waals surface area contributed by atoms with E-state index in [1.165, 1.54) is 0 Å². The Hall–Kier alpha value is -2.30. The number of nitrogens with one attached hydrogen (secondary N) is 1. The van der Waals surface area contributed by atoms with Gasteiger partial charge in [-0.2, -0.15) is 0 Å². The average molecular weight is 213 g/mol. The SMILES string of the molecule is Cn1cc(-c2cnc(N)[nH]2)c2cccnc21. The van der Waals surface area contributed by atoms with Crippen LogP contribution in [0.3, 0.4) is 0 Å². The van der Waals surface area contributed by atoms with Crippen molar-refractivity contribution in [2.24, 2.45) is 7.05 Å². The molecular formula is C11H11N5.